The second-order valence-corrected chi connectivity index (χ2v) is 7.28. The van der Waals surface area contributed by atoms with Crippen LogP contribution in [0.15, 0.2) is 24.3 Å². The highest BCUT2D eigenvalue weighted by atomic mass is 16.5. The van der Waals surface area contributed by atoms with Gasteiger partial charge in [0.1, 0.15) is 6.04 Å². The lowest BCUT2D eigenvalue weighted by atomic mass is 10.0. The lowest BCUT2D eigenvalue weighted by Crippen LogP contribution is -2.44. The number of amides is 1. The van der Waals surface area contributed by atoms with E-state index in [4.69, 9.17) is 9.47 Å². The fourth-order valence-corrected chi connectivity index (χ4v) is 3.23. The zero-order valence-corrected chi connectivity index (χ0v) is 17.6. The van der Waals surface area contributed by atoms with Gasteiger partial charge in [0.25, 0.3) is 5.91 Å². The molecule has 29 heavy (non-hydrogen) atoms. The number of fused-ring (bicyclic) bond motifs is 1. The second kappa shape index (κ2) is 10.0. The minimum atomic E-state index is -0.776. The first-order valence-corrected chi connectivity index (χ1v) is 9.70. The molecule has 0 radical (unpaired) electrons. The Morgan fingerprint density at radius 3 is 2.48 bits per heavy atom. The third kappa shape index (κ3) is 5.53. The van der Waals surface area contributed by atoms with Crippen LogP contribution in [0.2, 0.25) is 0 Å². The normalized spacial score (nSPS) is 11.9. The number of nitrogens with one attached hydrogen (secondary N) is 1. The van der Waals surface area contributed by atoms with Crippen LogP contribution in [0.5, 0.6) is 0 Å². The van der Waals surface area contributed by atoms with Crippen molar-refractivity contribution in [2.45, 2.75) is 46.6 Å². The van der Waals surface area contributed by atoms with Gasteiger partial charge in [-0.15, -0.1) is 0 Å². The molecule has 1 atom stereocenters. The van der Waals surface area contributed by atoms with Crippen molar-refractivity contribution in [2.24, 2.45) is 5.92 Å². The molecule has 1 amide bonds. The van der Waals surface area contributed by atoms with E-state index in [1.807, 2.05) is 45.9 Å². The number of carbonyl (C=O) groups excluding carboxylic acids is 3. The quantitative estimate of drug-likeness (QED) is 0.685. The van der Waals surface area contributed by atoms with Gasteiger partial charge >= 0.3 is 11.9 Å². The summed E-state index contributed by atoms with van der Waals surface area (Å²) in [6, 6.07) is 6.55. The predicted octanol–water partition coefficient (Wildman–Crippen LogP) is 2.97. The Labute approximate surface area is 170 Å². The largest absolute Gasteiger partial charge is 0.467 e. The van der Waals surface area contributed by atoms with Crippen LogP contribution >= 0.6 is 0 Å². The minimum absolute atomic E-state index is 0.181. The number of nitrogens with zero attached hydrogens (tertiary/aromatic N) is 1. The number of hydrogen-bond donors (Lipinski definition) is 1. The van der Waals surface area contributed by atoms with Crippen molar-refractivity contribution in [3.8, 4) is 0 Å². The zero-order chi connectivity index (χ0) is 21.6. The summed E-state index contributed by atoms with van der Waals surface area (Å²) >= 11 is 0. The predicted molar refractivity (Wildman–Crippen MR) is 110 cm³/mol. The van der Waals surface area contributed by atoms with Gasteiger partial charge in [-0.05, 0) is 37.3 Å². The smallest absolute Gasteiger partial charge is 0.339 e. The Morgan fingerprint density at radius 2 is 1.86 bits per heavy atom. The molecule has 0 aliphatic carbocycles. The molecule has 0 unspecified atom stereocenters. The third-order valence-electron chi connectivity index (χ3n) is 4.64. The fraction of sp³-hybridized carbons (Fsp3) is 0.455. The van der Waals surface area contributed by atoms with Gasteiger partial charge in [0.05, 0.1) is 18.2 Å². The average Bonchev–Trinajstić information content (AvgIpc) is 2.70. The van der Waals surface area contributed by atoms with Crippen LogP contribution in [0.3, 0.4) is 0 Å². The number of pyridine rings is 1. The average molecular weight is 400 g/mol. The summed E-state index contributed by atoms with van der Waals surface area (Å²) in [5, 5.41) is 3.26. The molecule has 7 nitrogen and oxygen atoms in total. The molecule has 0 saturated heterocycles. The summed E-state index contributed by atoms with van der Waals surface area (Å²) < 4.78 is 10.00. The molecule has 0 aliphatic heterocycles. The first-order chi connectivity index (χ1) is 13.8. The van der Waals surface area contributed by atoms with Crippen molar-refractivity contribution in [3.05, 3.63) is 41.1 Å². The molecule has 2 rings (SSSR count). The summed E-state index contributed by atoms with van der Waals surface area (Å²) in [6.45, 7) is 7.18. The minimum Gasteiger partial charge on any atom is -0.467 e. The number of aromatic nitrogens is 1. The monoisotopic (exact) mass is 400 g/mol. The Kier molecular flexibility index (Phi) is 7.70. The molecule has 1 aromatic carbocycles. The van der Waals surface area contributed by atoms with E-state index in [9.17, 15) is 14.4 Å². The first-order valence-electron chi connectivity index (χ1n) is 9.70. The Morgan fingerprint density at radius 1 is 1.17 bits per heavy atom. The number of hydrogen-bond acceptors (Lipinski definition) is 6. The summed E-state index contributed by atoms with van der Waals surface area (Å²) in [5.74, 6) is -1.49. The topological polar surface area (TPSA) is 94.6 Å². The standard InChI is InChI=1S/C22H28N2O5/c1-6-16-14(4)20(15-9-7-8-10-17(15)23-16)22(27)29-12-19(25)24-18(11-13(2)3)21(26)28-5/h7-10,13,18H,6,11-12H2,1-5H3,(H,24,25)/t18-/m0/s1. The van der Waals surface area contributed by atoms with E-state index in [0.717, 1.165) is 11.3 Å². The van der Waals surface area contributed by atoms with Gasteiger partial charge in [0, 0.05) is 11.1 Å². The van der Waals surface area contributed by atoms with Crippen LogP contribution < -0.4 is 5.32 Å². The van der Waals surface area contributed by atoms with E-state index in [1.54, 1.807) is 6.07 Å². The van der Waals surface area contributed by atoms with Gasteiger partial charge in [-0.1, -0.05) is 39.0 Å². The van der Waals surface area contributed by atoms with Crippen LogP contribution in [0, 0.1) is 12.8 Å². The molecule has 1 heterocycles. The van der Waals surface area contributed by atoms with Crippen LogP contribution in [0.25, 0.3) is 10.9 Å². The van der Waals surface area contributed by atoms with Crippen LogP contribution in [-0.2, 0) is 25.5 Å². The summed E-state index contributed by atoms with van der Waals surface area (Å²) in [7, 11) is 1.27. The number of methoxy groups -OCH3 is 1. The van der Waals surface area contributed by atoms with Gasteiger partial charge in [-0.25, -0.2) is 9.59 Å². The molecule has 0 fully saturated rings. The fourth-order valence-electron chi connectivity index (χ4n) is 3.23. The van der Waals surface area contributed by atoms with Crippen LogP contribution in [-0.4, -0.2) is 42.6 Å². The SMILES string of the molecule is CCc1nc2ccccc2c(C(=O)OCC(=O)N[C@@H](CC(C)C)C(=O)OC)c1C. The van der Waals surface area contributed by atoms with Gasteiger partial charge in [-0.2, -0.15) is 0 Å². The van der Waals surface area contributed by atoms with Crippen molar-refractivity contribution in [1.29, 1.82) is 0 Å². The Balaban J connectivity index is 2.15. The lowest BCUT2D eigenvalue weighted by Gasteiger charge is -2.18. The van der Waals surface area contributed by atoms with E-state index < -0.39 is 30.5 Å². The van der Waals surface area contributed by atoms with Gasteiger partial charge in [0.15, 0.2) is 6.61 Å². The molecule has 2 aromatic rings. The van der Waals surface area contributed by atoms with Crippen molar-refractivity contribution in [2.75, 3.05) is 13.7 Å². The number of ether oxygens (including phenoxy) is 2. The van der Waals surface area contributed by atoms with Crippen molar-refractivity contribution >= 4 is 28.7 Å². The highest BCUT2D eigenvalue weighted by Gasteiger charge is 2.24. The van der Waals surface area contributed by atoms with Crippen molar-refractivity contribution in [1.82, 2.24) is 10.3 Å². The van der Waals surface area contributed by atoms with Crippen molar-refractivity contribution < 1.29 is 23.9 Å². The first kappa shape index (κ1) is 22.3. The maximum atomic E-state index is 12.8. The van der Waals surface area contributed by atoms with E-state index >= 15 is 0 Å². The molecule has 0 aliphatic rings. The van der Waals surface area contributed by atoms with Crippen molar-refractivity contribution in [3.63, 3.8) is 0 Å². The maximum Gasteiger partial charge on any atom is 0.339 e. The third-order valence-corrected chi connectivity index (χ3v) is 4.64. The highest BCUT2D eigenvalue weighted by molar-refractivity contribution is 6.05. The molecule has 0 bridgehead atoms. The van der Waals surface area contributed by atoms with Gasteiger partial charge < -0.3 is 14.8 Å². The number of para-hydroxylation sites is 1. The van der Waals surface area contributed by atoms with Crippen LogP contribution in [0.1, 0.15) is 48.8 Å². The van der Waals surface area contributed by atoms with Gasteiger partial charge in [-0.3, -0.25) is 9.78 Å². The zero-order valence-electron chi connectivity index (χ0n) is 17.6. The molecule has 0 spiro atoms. The molecule has 156 valence electrons. The van der Waals surface area contributed by atoms with Crippen LogP contribution in [0.4, 0.5) is 0 Å². The molecule has 1 aromatic heterocycles. The number of rotatable bonds is 8. The summed E-state index contributed by atoms with van der Waals surface area (Å²) in [6.07, 6.45) is 1.10. The summed E-state index contributed by atoms with van der Waals surface area (Å²) in [5.41, 5.74) is 2.66. The van der Waals surface area contributed by atoms with E-state index in [-0.39, 0.29) is 5.92 Å². The maximum absolute atomic E-state index is 12.8. The number of carbonyl (C=O) groups is 3. The number of aryl methyl sites for hydroxylation is 1. The van der Waals surface area contributed by atoms with Gasteiger partial charge in [0.2, 0.25) is 0 Å². The molecular formula is C22H28N2O5. The van der Waals surface area contributed by atoms with E-state index in [1.165, 1.54) is 7.11 Å². The summed E-state index contributed by atoms with van der Waals surface area (Å²) in [4.78, 5) is 41.5. The van der Waals surface area contributed by atoms with E-state index in [0.29, 0.717) is 29.3 Å². The molecule has 0 saturated carbocycles. The molecule has 1 N–H and O–H groups in total. The highest BCUT2D eigenvalue weighted by Crippen LogP contribution is 2.24. The lowest BCUT2D eigenvalue weighted by molar-refractivity contribution is -0.145. The molecule has 7 heteroatoms. The molecular weight excluding hydrogens is 372 g/mol. The second-order valence-electron chi connectivity index (χ2n) is 7.28. The Hall–Kier alpha value is -2.96. The van der Waals surface area contributed by atoms with E-state index in [2.05, 4.69) is 10.3 Å². The Bertz CT molecular complexity index is 907. The number of benzene rings is 1. The number of esters is 2.